The molecule has 1 fully saturated rings. The van der Waals surface area contributed by atoms with E-state index in [1.54, 1.807) is 23.4 Å². The molecule has 6 nitrogen and oxygen atoms in total. The van der Waals surface area contributed by atoms with Crippen molar-refractivity contribution in [2.75, 3.05) is 7.05 Å². The number of hydrogen-bond acceptors (Lipinski definition) is 3. The highest BCUT2D eigenvalue weighted by atomic mass is 19.1. The van der Waals surface area contributed by atoms with Crippen LogP contribution < -0.4 is 10.6 Å². The Balaban J connectivity index is 0.000000285. The highest BCUT2D eigenvalue weighted by molar-refractivity contribution is 6.00. The van der Waals surface area contributed by atoms with E-state index < -0.39 is 0 Å². The van der Waals surface area contributed by atoms with E-state index in [0.29, 0.717) is 24.5 Å². The molecular weight excluding hydrogens is 381 g/mol. The SMILES string of the molecule is C=C1NC(=O)NC1C#CCC=N/C=C\CC.CC.CN1Cc2ccc(F)cc2C1=N. The molecule has 0 aromatic heterocycles. The quantitative estimate of drug-likeness (QED) is 0.515. The molecule has 2 aliphatic rings. The van der Waals surface area contributed by atoms with Crippen molar-refractivity contribution in [2.24, 2.45) is 4.99 Å². The Labute approximate surface area is 178 Å². The second-order valence-electron chi connectivity index (χ2n) is 6.21. The summed E-state index contributed by atoms with van der Waals surface area (Å²) in [7, 11) is 1.83. The Hall–Kier alpha value is -3.40. The van der Waals surface area contributed by atoms with Crippen molar-refractivity contribution in [2.45, 2.75) is 46.2 Å². The largest absolute Gasteiger partial charge is 0.355 e. The summed E-state index contributed by atoms with van der Waals surface area (Å²) >= 11 is 0. The molecule has 0 radical (unpaired) electrons. The molecule has 0 spiro atoms. The van der Waals surface area contributed by atoms with Gasteiger partial charge in [-0.3, -0.25) is 10.4 Å². The monoisotopic (exact) mass is 411 g/mol. The Bertz CT molecular complexity index is 879. The van der Waals surface area contributed by atoms with Gasteiger partial charge in [-0.15, -0.1) is 0 Å². The van der Waals surface area contributed by atoms with Crippen molar-refractivity contribution in [1.82, 2.24) is 15.5 Å². The van der Waals surface area contributed by atoms with E-state index in [-0.39, 0.29) is 17.9 Å². The molecule has 0 saturated carbocycles. The average Bonchev–Trinajstić information content (AvgIpc) is 3.21. The molecule has 0 aliphatic carbocycles. The Morgan fingerprint density at radius 3 is 2.80 bits per heavy atom. The molecule has 3 N–H and O–H groups in total. The van der Waals surface area contributed by atoms with Crippen LogP contribution >= 0.6 is 0 Å². The molecule has 1 unspecified atom stereocenters. The number of rotatable bonds is 3. The number of hydrogen-bond donors (Lipinski definition) is 3. The summed E-state index contributed by atoms with van der Waals surface area (Å²) in [6.07, 6.45) is 6.98. The summed E-state index contributed by atoms with van der Waals surface area (Å²) < 4.78 is 12.7. The van der Waals surface area contributed by atoms with Gasteiger partial charge in [0.25, 0.3) is 0 Å². The summed E-state index contributed by atoms with van der Waals surface area (Å²) in [6, 6.07) is 4.06. The van der Waals surface area contributed by atoms with Crippen molar-refractivity contribution < 1.29 is 9.18 Å². The van der Waals surface area contributed by atoms with E-state index in [2.05, 4.69) is 34.0 Å². The van der Waals surface area contributed by atoms with Gasteiger partial charge in [-0.25, -0.2) is 9.18 Å². The summed E-state index contributed by atoms with van der Waals surface area (Å²) in [5.41, 5.74) is 2.35. The van der Waals surface area contributed by atoms with E-state index in [0.717, 1.165) is 17.5 Å². The minimum Gasteiger partial charge on any atom is -0.355 e. The lowest BCUT2D eigenvalue weighted by Crippen LogP contribution is -2.24. The first-order valence-electron chi connectivity index (χ1n) is 9.92. The standard InChI is InChI=1S/C12H15N3O.C9H9FN2.C2H6/c1-3-4-8-13-9-6-5-7-11-10(2)14-12(16)15-11;1-12-5-6-2-3-7(10)4-8(6)9(12)11;1-2/h4,8-9,11H,2-3,6H2,1H3,(H2,14,15,16);2-4,11H,5H2,1H3;1-2H3/b8-4-,13-9?;;. The van der Waals surface area contributed by atoms with Crippen LogP contribution in [-0.2, 0) is 6.54 Å². The van der Waals surface area contributed by atoms with Crippen molar-refractivity contribution in [1.29, 1.82) is 5.41 Å². The number of urea groups is 1. The van der Waals surface area contributed by atoms with Crippen LogP contribution in [0.2, 0.25) is 0 Å². The number of aliphatic imine (C=N–C) groups is 1. The van der Waals surface area contributed by atoms with E-state index in [9.17, 15) is 9.18 Å². The van der Waals surface area contributed by atoms with Crippen molar-refractivity contribution in [3.63, 3.8) is 0 Å². The lowest BCUT2D eigenvalue weighted by atomic mass is 10.1. The zero-order valence-electron chi connectivity index (χ0n) is 18.1. The normalized spacial score (nSPS) is 16.8. The highest BCUT2D eigenvalue weighted by Gasteiger charge is 2.22. The van der Waals surface area contributed by atoms with Crippen LogP contribution in [0.15, 0.2) is 47.7 Å². The Morgan fingerprint density at radius 1 is 1.43 bits per heavy atom. The zero-order chi connectivity index (χ0) is 22.5. The molecule has 1 aromatic carbocycles. The number of nitrogens with zero attached hydrogens (tertiary/aromatic N) is 2. The van der Waals surface area contributed by atoms with Crippen LogP contribution in [0.5, 0.6) is 0 Å². The van der Waals surface area contributed by atoms with Gasteiger partial charge in [0, 0.05) is 43.7 Å². The first-order valence-corrected chi connectivity index (χ1v) is 9.92. The summed E-state index contributed by atoms with van der Waals surface area (Å²) in [4.78, 5) is 16.7. The zero-order valence-corrected chi connectivity index (χ0v) is 18.1. The number of benzene rings is 1. The lowest BCUT2D eigenvalue weighted by molar-refractivity contribution is 0.248. The van der Waals surface area contributed by atoms with Gasteiger partial charge >= 0.3 is 6.03 Å². The molecule has 30 heavy (non-hydrogen) atoms. The Kier molecular flexibility index (Phi) is 10.6. The minimum absolute atomic E-state index is 0.246. The molecule has 160 valence electrons. The summed E-state index contributed by atoms with van der Waals surface area (Å²) in [5, 5.41) is 12.8. The third-order valence-electron chi connectivity index (χ3n) is 3.99. The fourth-order valence-corrected chi connectivity index (χ4v) is 2.53. The number of allylic oxidation sites excluding steroid dienone is 1. The first-order chi connectivity index (χ1) is 14.4. The average molecular weight is 412 g/mol. The fourth-order valence-electron chi connectivity index (χ4n) is 2.53. The van der Waals surface area contributed by atoms with Crippen molar-refractivity contribution in [3.05, 3.63) is 59.7 Å². The number of nitrogens with one attached hydrogen (secondary N) is 3. The number of carbonyl (C=O) groups excluding carboxylic acids is 1. The van der Waals surface area contributed by atoms with Crippen LogP contribution in [0.4, 0.5) is 9.18 Å². The van der Waals surface area contributed by atoms with Gasteiger partial charge in [-0.2, -0.15) is 0 Å². The molecule has 1 saturated heterocycles. The topological polar surface area (TPSA) is 80.6 Å². The predicted molar refractivity (Wildman–Crippen MR) is 121 cm³/mol. The van der Waals surface area contributed by atoms with Gasteiger partial charge in [0.2, 0.25) is 0 Å². The molecular formula is C23H30FN5O. The number of fused-ring (bicyclic) bond motifs is 1. The minimum atomic E-state index is -0.285. The third-order valence-corrected chi connectivity index (χ3v) is 3.99. The number of carbonyl (C=O) groups is 1. The van der Waals surface area contributed by atoms with Crippen molar-refractivity contribution in [3.8, 4) is 11.8 Å². The highest BCUT2D eigenvalue weighted by Crippen LogP contribution is 2.21. The number of amides is 2. The van der Waals surface area contributed by atoms with Crippen molar-refractivity contribution >= 4 is 18.1 Å². The summed E-state index contributed by atoms with van der Waals surface area (Å²) in [6.45, 7) is 10.4. The molecule has 7 heteroatoms. The number of halogens is 1. The first kappa shape index (κ1) is 24.6. The number of amidine groups is 1. The molecule has 1 aromatic rings. The molecule has 2 heterocycles. The van der Waals surface area contributed by atoms with Crippen LogP contribution in [0.3, 0.4) is 0 Å². The van der Waals surface area contributed by atoms with Crippen LogP contribution in [0.1, 0.15) is 44.7 Å². The van der Waals surface area contributed by atoms with Crippen LogP contribution in [0, 0.1) is 23.1 Å². The van der Waals surface area contributed by atoms with Crippen LogP contribution in [-0.4, -0.2) is 36.1 Å². The smallest absolute Gasteiger partial charge is 0.320 e. The van der Waals surface area contributed by atoms with E-state index >= 15 is 0 Å². The fraction of sp³-hybridized carbons (Fsp3) is 0.348. The van der Waals surface area contributed by atoms with Gasteiger partial charge in [0.05, 0.1) is 0 Å². The lowest BCUT2D eigenvalue weighted by Gasteiger charge is -2.07. The third kappa shape index (κ3) is 7.55. The molecule has 3 rings (SSSR count). The van der Waals surface area contributed by atoms with E-state index in [1.165, 1.54) is 12.1 Å². The second-order valence-corrected chi connectivity index (χ2v) is 6.21. The van der Waals surface area contributed by atoms with E-state index in [1.807, 2.05) is 33.9 Å². The van der Waals surface area contributed by atoms with Crippen LogP contribution in [0.25, 0.3) is 0 Å². The summed E-state index contributed by atoms with van der Waals surface area (Å²) in [5.74, 6) is 5.94. The molecule has 0 bridgehead atoms. The molecule has 2 aliphatic heterocycles. The van der Waals surface area contributed by atoms with E-state index in [4.69, 9.17) is 5.41 Å². The van der Waals surface area contributed by atoms with Gasteiger partial charge in [0.15, 0.2) is 0 Å². The van der Waals surface area contributed by atoms with Gasteiger partial charge in [-0.05, 0) is 24.1 Å². The maximum atomic E-state index is 12.7. The maximum Gasteiger partial charge on any atom is 0.320 e. The second kappa shape index (κ2) is 12.9. The van der Waals surface area contributed by atoms with Gasteiger partial charge in [0.1, 0.15) is 17.7 Å². The van der Waals surface area contributed by atoms with Gasteiger partial charge < -0.3 is 15.5 Å². The predicted octanol–water partition coefficient (Wildman–Crippen LogP) is 4.19. The molecule has 1 atom stereocenters. The van der Waals surface area contributed by atoms with Gasteiger partial charge in [-0.1, -0.05) is 51.3 Å². The molecule has 2 amide bonds. The maximum absolute atomic E-state index is 12.7. The Morgan fingerprint density at radius 2 is 2.17 bits per heavy atom.